The molecule has 33 heavy (non-hydrogen) atoms. The first-order valence-corrected chi connectivity index (χ1v) is 13.6. The third-order valence-corrected chi connectivity index (χ3v) is 8.91. The second-order valence-corrected chi connectivity index (χ2v) is 11.6. The van der Waals surface area contributed by atoms with E-state index in [0.29, 0.717) is 23.9 Å². The molecule has 0 radical (unpaired) electrons. The van der Waals surface area contributed by atoms with Gasteiger partial charge in [0, 0.05) is 30.1 Å². The lowest BCUT2D eigenvalue weighted by Gasteiger charge is -2.25. The van der Waals surface area contributed by atoms with E-state index < -0.39 is 15.3 Å². The molecule has 12 heteroatoms. The van der Waals surface area contributed by atoms with Crippen LogP contribution in [-0.4, -0.2) is 54.3 Å². The standard InChI is InChI=1S/C21H23N5O4S3/c27-19(13-18-20(28)24-21(32-18)25-22-14-16-5-4-12-31-16)23-15-6-8-17(9-7-15)33(29,30)26-10-2-1-3-11-26/h4-9,12,14,18H,1-3,10-11,13H2,(H,23,27)(H,24,25,28)/b22-14-/t18-/m1/s1. The van der Waals surface area contributed by atoms with Crippen molar-refractivity contribution in [3.8, 4) is 0 Å². The first-order valence-electron chi connectivity index (χ1n) is 10.4. The fourth-order valence-electron chi connectivity index (χ4n) is 3.43. The lowest BCUT2D eigenvalue weighted by molar-refractivity contribution is -0.122. The van der Waals surface area contributed by atoms with Gasteiger partial charge in [-0.3, -0.25) is 9.59 Å². The van der Waals surface area contributed by atoms with Gasteiger partial charge < -0.3 is 10.6 Å². The molecule has 174 valence electrons. The number of hydrogen-bond donors (Lipinski definition) is 2. The molecule has 2 N–H and O–H groups in total. The van der Waals surface area contributed by atoms with Gasteiger partial charge in [-0.25, -0.2) is 8.42 Å². The van der Waals surface area contributed by atoms with Gasteiger partial charge in [0.1, 0.15) is 5.25 Å². The van der Waals surface area contributed by atoms with Crippen molar-refractivity contribution >= 4 is 62.0 Å². The molecule has 0 aliphatic carbocycles. The highest BCUT2D eigenvalue weighted by atomic mass is 32.2. The minimum Gasteiger partial charge on any atom is -0.326 e. The summed E-state index contributed by atoms with van der Waals surface area (Å²) in [6.07, 6.45) is 4.34. The van der Waals surface area contributed by atoms with Crippen LogP contribution in [0, 0.1) is 0 Å². The number of thiophene rings is 1. The summed E-state index contributed by atoms with van der Waals surface area (Å²) < 4.78 is 27.0. The largest absolute Gasteiger partial charge is 0.326 e. The zero-order valence-electron chi connectivity index (χ0n) is 17.6. The predicted octanol–water partition coefficient (Wildman–Crippen LogP) is 2.87. The maximum Gasteiger partial charge on any atom is 0.243 e. The number of thioether (sulfide) groups is 1. The van der Waals surface area contributed by atoms with Gasteiger partial charge in [0.05, 0.1) is 11.1 Å². The Morgan fingerprint density at radius 1 is 1.18 bits per heavy atom. The number of carbonyl (C=O) groups excluding carboxylic acids is 2. The number of anilines is 1. The summed E-state index contributed by atoms with van der Waals surface area (Å²) in [5, 5.41) is 14.9. The molecular formula is C21H23N5O4S3. The lowest BCUT2D eigenvalue weighted by Crippen LogP contribution is -2.35. The van der Waals surface area contributed by atoms with Gasteiger partial charge >= 0.3 is 0 Å². The third-order valence-electron chi connectivity index (χ3n) is 5.11. The number of nitrogens with one attached hydrogen (secondary N) is 2. The van der Waals surface area contributed by atoms with Crippen LogP contribution >= 0.6 is 23.1 Å². The Bertz CT molecular complexity index is 1160. The number of sulfonamides is 1. The molecule has 2 aromatic rings. The van der Waals surface area contributed by atoms with Crippen LogP contribution in [0.4, 0.5) is 5.69 Å². The van der Waals surface area contributed by atoms with Crippen LogP contribution in [0.2, 0.25) is 0 Å². The van der Waals surface area contributed by atoms with E-state index in [-0.39, 0.29) is 23.1 Å². The molecule has 0 saturated carbocycles. The van der Waals surface area contributed by atoms with E-state index >= 15 is 0 Å². The van der Waals surface area contributed by atoms with Crippen molar-refractivity contribution in [1.82, 2.24) is 9.62 Å². The number of benzene rings is 1. The van der Waals surface area contributed by atoms with Crippen LogP contribution in [0.3, 0.4) is 0 Å². The van der Waals surface area contributed by atoms with Crippen LogP contribution in [0.1, 0.15) is 30.6 Å². The molecule has 4 rings (SSSR count). The Labute approximate surface area is 200 Å². The zero-order chi connectivity index (χ0) is 23.3. The van der Waals surface area contributed by atoms with Crippen LogP contribution in [0.25, 0.3) is 0 Å². The average molecular weight is 506 g/mol. The van der Waals surface area contributed by atoms with Crippen molar-refractivity contribution in [3.63, 3.8) is 0 Å². The van der Waals surface area contributed by atoms with E-state index in [1.54, 1.807) is 18.3 Å². The van der Waals surface area contributed by atoms with Gasteiger partial charge in [0.15, 0.2) is 5.17 Å². The quantitative estimate of drug-likeness (QED) is 0.443. The normalized spacial score (nSPS) is 20.9. The number of carbonyl (C=O) groups is 2. The zero-order valence-corrected chi connectivity index (χ0v) is 20.1. The van der Waals surface area contributed by atoms with Crippen molar-refractivity contribution in [2.45, 2.75) is 35.8 Å². The molecule has 3 heterocycles. The Hall–Kier alpha value is -2.54. The maximum atomic E-state index is 12.7. The number of rotatable bonds is 7. The molecule has 0 unspecified atom stereocenters. The monoisotopic (exact) mass is 505 g/mol. The molecule has 2 saturated heterocycles. The summed E-state index contributed by atoms with van der Waals surface area (Å²) in [6.45, 7) is 1.07. The number of amidine groups is 1. The number of piperidine rings is 1. The Kier molecular flexibility index (Phi) is 7.58. The summed E-state index contributed by atoms with van der Waals surface area (Å²) in [7, 11) is -3.52. The maximum absolute atomic E-state index is 12.7. The highest BCUT2D eigenvalue weighted by molar-refractivity contribution is 8.15. The highest BCUT2D eigenvalue weighted by Gasteiger charge is 2.32. The van der Waals surface area contributed by atoms with Gasteiger partial charge in [-0.05, 0) is 48.6 Å². The summed E-state index contributed by atoms with van der Waals surface area (Å²) in [4.78, 5) is 25.7. The molecule has 1 aromatic heterocycles. The van der Waals surface area contributed by atoms with Gasteiger partial charge in [-0.1, -0.05) is 24.2 Å². The fourth-order valence-corrected chi connectivity index (χ4v) is 6.45. The number of amides is 2. The number of hydrogen-bond acceptors (Lipinski definition) is 8. The molecule has 1 aromatic carbocycles. The molecule has 0 spiro atoms. The molecule has 2 aliphatic rings. The minimum absolute atomic E-state index is 0.0437. The van der Waals surface area contributed by atoms with Crippen molar-refractivity contribution in [1.29, 1.82) is 0 Å². The van der Waals surface area contributed by atoms with Crippen LogP contribution < -0.4 is 10.6 Å². The van der Waals surface area contributed by atoms with Crippen molar-refractivity contribution in [2.75, 3.05) is 18.4 Å². The molecular weight excluding hydrogens is 482 g/mol. The van der Waals surface area contributed by atoms with E-state index in [9.17, 15) is 18.0 Å². The van der Waals surface area contributed by atoms with E-state index in [4.69, 9.17) is 0 Å². The van der Waals surface area contributed by atoms with E-state index in [1.807, 2.05) is 17.5 Å². The Balaban J connectivity index is 1.31. The molecule has 1 atom stereocenters. The summed E-state index contributed by atoms with van der Waals surface area (Å²) in [6, 6.07) is 9.91. The summed E-state index contributed by atoms with van der Waals surface area (Å²) in [5.74, 6) is -0.652. The molecule has 2 aliphatic heterocycles. The summed E-state index contributed by atoms with van der Waals surface area (Å²) in [5.41, 5.74) is 0.468. The highest BCUT2D eigenvalue weighted by Crippen LogP contribution is 2.24. The second kappa shape index (κ2) is 10.6. The van der Waals surface area contributed by atoms with E-state index in [1.165, 1.54) is 27.8 Å². The second-order valence-electron chi connectivity index (χ2n) is 7.50. The van der Waals surface area contributed by atoms with Gasteiger partial charge in [-0.15, -0.1) is 16.4 Å². The number of nitrogens with zero attached hydrogens (tertiary/aromatic N) is 3. The average Bonchev–Trinajstić information content (AvgIpc) is 3.44. The van der Waals surface area contributed by atoms with E-state index in [2.05, 4.69) is 20.8 Å². The van der Waals surface area contributed by atoms with Crippen LogP contribution in [-0.2, 0) is 19.6 Å². The fraction of sp³-hybridized carbons (Fsp3) is 0.333. The smallest absolute Gasteiger partial charge is 0.243 e. The Morgan fingerprint density at radius 2 is 1.94 bits per heavy atom. The van der Waals surface area contributed by atoms with Gasteiger partial charge in [0.2, 0.25) is 21.8 Å². The first kappa shape index (κ1) is 23.6. The van der Waals surface area contributed by atoms with Crippen LogP contribution in [0.15, 0.2) is 56.9 Å². The SMILES string of the molecule is O=C(C[C@H]1S/C(=N\N=C/c2cccs2)NC1=O)Nc1ccc(S(=O)(=O)N2CCCCC2)cc1. The van der Waals surface area contributed by atoms with Crippen LogP contribution in [0.5, 0.6) is 0 Å². The van der Waals surface area contributed by atoms with Crippen molar-refractivity contribution in [2.24, 2.45) is 10.2 Å². The Morgan fingerprint density at radius 3 is 2.64 bits per heavy atom. The molecule has 2 fully saturated rings. The molecule has 9 nitrogen and oxygen atoms in total. The van der Waals surface area contributed by atoms with Crippen molar-refractivity contribution < 1.29 is 18.0 Å². The van der Waals surface area contributed by atoms with Crippen molar-refractivity contribution in [3.05, 3.63) is 46.7 Å². The third kappa shape index (κ3) is 6.08. The first-order chi connectivity index (χ1) is 15.9. The minimum atomic E-state index is -3.52. The van der Waals surface area contributed by atoms with Gasteiger partial charge in [-0.2, -0.15) is 9.41 Å². The molecule has 2 amide bonds. The topological polar surface area (TPSA) is 120 Å². The summed E-state index contributed by atoms with van der Waals surface area (Å²) >= 11 is 2.67. The lowest BCUT2D eigenvalue weighted by atomic mass is 10.2. The van der Waals surface area contributed by atoms with Gasteiger partial charge in [0.25, 0.3) is 0 Å². The molecule has 0 bridgehead atoms. The predicted molar refractivity (Wildman–Crippen MR) is 131 cm³/mol. The van der Waals surface area contributed by atoms with E-state index in [0.717, 1.165) is 35.9 Å².